The van der Waals surface area contributed by atoms with E-state index in [1.54, 1.807) is 11.3 Å². The van der Waals surface area contributed by atoms with E-state index in [0.717, 1.165) is 24.7 Å². The minimum atomic E-state index is -0.736. The summed E-state index contributed by atoms with van der Waals surface area (Å²) < 4.78 is 6.55. The van der Waals surface area contributed by atoms with Crippen molar-refractivity contribution in [3.63, 3.8) is 0 Å². The second-order valence-corrected chi connectivity index (χ2v) is 11.8. The van der Waals surface area contributed by atoms with Gasteiger partial charge >= 0.3 is 0 Å². The molecule has 4 unspecified atom stereocenters. The van der Waals surface area contributed by atoms with Crippen molar-refractivity contribution >= 4 is 17.7 Å². The minimum absolute atomic E-state index is 0.0122. The van der Waals surface area contributed by atoms with Gasteiger partial charge in [-0.05, 0) is 93.6 Å². The summed E-state index contributed by atoms with van der Waals surface area (Å²) in [6.45, 7) is 11.0. The summed E-state index contributed by atoms with van der Waals surface area (Å²) in [7, 11) is 0. The lowest BCUT2D eigenvalue weighted by Gasteiger charge is -2.63. The fourth-order valence-corrected chi connectivity index (χ4v) is 8.48. The van der Waals surface area contributed by atoms with Crippen molar-refractivity contribution in [2.75, 3.05) is 0 Å². The molecule has 4 heteroatoms. The molecule has 3 fully saturated rings. The number of ether oxygens (including phenoxy) is 1. The summed E-state index contributed by atoms with van der Waals surface area (Å²) in [6.07, 6.45) is 8.82. The van der Waals surface area contributed by atoms with E-state index >= 15 is 0 Å². The highest BCUT2D eigenvalue weighted by Crippen LogP contribution is 2.68. The highest BCUT2D eigenvalue weighted by molar-refractivity contribution is 5.86. The van der Waals surface area contributed by atoms with Gasteiger partial charge in [-0.25, -0.2) is 0 Å². The molecule has 1 aliphatic heterocycles. The molecule has 0 bridgehead atoms. The summed E-state index contributed by atoms with van der Waals surface area (Å²) in [5.41, 5.74) is 4.27. The smallest absolute Gasteiger partial charge is 0.106 e. The van der Waals surface area contributed by atoms with Crippen molar-refractivity contribution in [3.05, 3.63) is 35.5 Å². The Morgan fingerprint density at radius 2 is 1.84 bits per heavy atom. The first-order valence-corrected chi connectivity index (χ1v) is 12.5. The molecule has 32 heavy (non-hydrogen) atoms. The zero-order valence-electron chi connectivity index (χ0n) is 20.1. The van der Waals surface area contributed by atoms with Gasteiger partial charge in [-0.3, -0.25) is 0 Å². The van der Waals surface area contributed by atoms with Gasteiger partial charge in [-0.2, -0.15) is 0 Å². The van der Waals surface area contributed by atoms with Crippen LogP contribution in [0.1, 0.15) is 77.5 Å². The van der Waals surface area contributed by atoms with Crippen LogP contribution < -0.4 is 0 Å². The van der Waals surface area contributed by atoms with Crippen LogP contribution in [0.15, 0.2) is 24.3 Å². The summed E-state index contributed by atoms with van der Waals surface area (Å²) in [5.74, 6) is 2.13. The molecule has 6 rings (SSSR count). The Kier molecular flexibility index (Phi) is 5.14. The highest BCUT2D eigenvalue weighted by Gasteiger charge is 2.64. The van der Waals surface area contributed by atoms with Gasteiger partial charge in [0.25, 0.3) is 0 Å². The number of H-pyrrole nitrogens is 1. The van der Waals surface area contributed by atoms with Gasteiger partial charge in [0.15, 0.2) is 0 Å². The zero-order chi connectivity index (χ0) is 22.9. The molecule has 0 radical (unpaired) electrons. The number of carbonyl (C=O) groups excluding carboxylic acids is 1. The molecule has 4 aliphatic rings. The van der Waals surface area contributed by atoms with Crippen LogP contribution in [0.4, 0.5) is 0 Å². The minimum Gasteiger partial charge on any atom is -0.388 e. The third kappa shape index (κ3) is 2.84. The lowest BCUT2D eigenvalue weighted by atomic mass is 9.43. The third-order valence-corrected chi connectivity index (χ3v) is 10.3. The molecule has 0 amide bonds. The fourth-order valence-electron chi connectivity index (χ4n) is 8.48. The van der Waals surface area contributed by atoms with Crippen LogP contribution in [0.3, 0.4) is 0 Å². The van der Waals surface area contributed by atoms with Gasteiger partial charge in [-0.1, -0.05) is 32.0 Å². The van der Waals surface area contributed by atoms with Gasteiger partial charge in [0.2, 0.25) is 0 Å². The molecule has 1 saturated heterocycles. The first kappa shape index (κ1) is 22.2. The van der Waals surface area contributed by atoms with E-state index in [1.165, 1.54) is 43.0 Å². The van der Waals surface area contributed by atoms with E-state index in [2.05, 4.69) is 43.1 Å². The molecule has 0 spiro atoms. The van der Waals surface area contributed by atoms with Crippen molar-refractivity contribution in [2.24, 2.45) is 23.2 Å². The normalized spacial score (nSPS) is 40.5. The Morgan fingerprint density at radius 1 is 1.09 bits per heavy atom. The zero-order valence-corrected chi connectivity index (χ0v) is 20.1. The molecule has 174 valence electrons. The summed E-state index contributed by atoms with van der Waals surface area (Å²) >= 11 is 0. The molecule has 3 aliphatic carbocycles. The second-order valence-electron chi connectivity index (χ2n) is 11.8. The van der Waals surface area contributed by atoms with Crippen LogP contribution in [0.5, 0.6) is 0 Å². The number of carbonyl (C=O) groups is 1. The molecule has 2 aromatic rings. The van der Waals surface area contributed by atoms with Gasteiger partial charge in [-0.15, -0.1) is 0 Å². The number of hydrogen-bond acceptors (Lipinski definition) is 3. The van der Waals surface area contributed by atoms with Gasteiger partial charge in [0, 0.05) is 22.0 Å². The third-order valence-electron chi connectivity index (χ3n) is 10.3. The monoisotopic (exact) mass is 437 g/mol. The number of rotatable bonds is 1. The van der Waals surface area contributed by atoms with Crippen LogP contribution in [0.2, 0.25) is 0 Å². The number of hydrogen-bond donors (Lipinski definition) is 2. The first-order valence-electron chi connectivity index (χ1n) is 12.5. The quantitative estimate of drug-likeness (QED) is 0.614. The topological polar surface area (TPSA) is 62.3 Å². The van der Waals surface area contributed by atoms with Crippen molar-refractivity contribution in [2.45, 2.75) is 95.9 Å². The van der Waals surface area contributed by atoms with Crippen LogP contribution in [0.25, 0.3) is 10.9 Å². The Balaban J connectivity index is 0.00000105. The number of aliphatic hydroxyl groups is 1. The summed E-state index contributed by atoms with van der Waals surface area (Å²) in [5, 5.41) is 12.0. The molecular weight excluding hydrogens is 398 g/mol. The Labute approximate surface area is 192 Å². The maximum Gasteiger partial charge on any atom is 0.106 e. The number of para-hydroxylation sites is 1. The largest absolute Gasteiger partial charge is 0.388 e. The van der Waals surface area contributed by atoms with Gasteiger partial charge in [0.05, 0.1) is 17.8 Å². The van der Waals surface area contributed by atoms with Gasteiger partial charge < -0.3 is 19.6 Å². The Hall–Kier alpha value is -1.65. The standard InChI is InChI=1S/C27H37NO2.CH2O/c1-25(2,29)23-12-10-18-20-11-9-16-15-19-17-7-5-6-8-21(17)28-24(19)27(16,4)26(20,3)14-13-22(18)30-23;1-2/h5-8,16,18,20,22-23,28-29H,9-15H2,1-4H3;1H2/t16?,18?,20?,22?,23-,26-,27+;/m0./s1. The number of aromatic nitrogens is 1. The Bertz CT molecular complexity index is 1010. The lowest BCUT2D eigenvalue weighted by molar-refractivity contribution is -0.210. The van der Waals surface area contributed by atoms with E-state index in [4.69, 9.17) is 9.53 Å². The van der Waals surface area contributed by atoms with Gasteiger partial charge in [0.1, 0.15) is 6.79 Å². The van der Waals surface area contributed by atoms with E-state index < -0.39 is 5.60 Å². The van der Waals surface area contributed by atoms with Crippen LogP contribution in [-0.2, 0) is 21.4 Å². The summed E-state index contributed by atoms with van der Waals surface area (Å²) in [4.78, 5) is 11.9. The molecular formula is C28H39NO3. The lowest BCUT2D eigenvalue weighted by Crippen LogP contribution is -2.61. The maximum atomic E-state index is 10.5. The maximum absolute atomic E-state index is 10.5. The van der Waals surface area contributed by atoms with Crippen LogP contribution in [0, 0.1) is 23.2 Å². The molecule has 7 atom stereocenters. The SMILES string of the molecule is C=O.CC(C)(O)[C@@H]1CCC2C(CC[C@@]3(C)C2CCC2Cc4c([nH]c5ccccc45)[C@@]23C)O1. The average Bonchev–Trinajstić information content (AvgIpc) is 3.29. The van der Waals surface area contributed by atoms with Crippen molar-refractivity contribution in [1.29, 1.82) is 0 Å². The highest BCUT2D eigenvalue weighted by atomic mass is 16.5. The fraction of sp³-hybridized carbons (Fsp3) is 0.679. The van der Waals surface area contributed by atoms with E-state index in [9.17, 15) is 5.11 Å². The molecule has 2 saturated carbocycles. The molecule has 1 aromatic carbocycles. The van der Waals surface area contributed by atoms with Crippen molar-refractivity contribution < 1.29 is 14.6 Å². The van der Waals surface area contributed by atoms with E-state index in [1.807, 2.05) is 20.6 Å². The van der Waals surface area contributed by atoms with Crippen LogP contribution >= 0.6 is 0 Å². The first-order chi connectivity index (χ1) is 15.2. The van der Waals surface area contributed by atoms with E-state index in [0.29, 0.717) is 17.4 Å². The number of nitrogens with one attached hydrogen (secondary N) is 1. The van der Waals surface area contributed by atoms with Crippen molar-refractivity contribution in [1.82, 2.24) is 4.98 Å². The molecule has 2 heterocycles. The summed E-state index contributed by atoms with van der Waals surface area (Å²) in [6, 6.07) is 8.91. The molecule has 4 nitrogen and oxygen atoms in total. The molecule has 2 N–H and O–H groups in total. The number of fused-ring (bicyclic) bond motifs is 9. The predicted octanol–water partition coefficient (Wildman–Crippen LogP) is 5.56. The number of aromatic amines is 1. The molecule has 1 aromatic heterocycles. The van der Waals surface area contributed by atoms with Crippen LogP contribution in [-0.4, -0.2) is 34.7 Å². The van der Waals surface area contributed by atoms with E-state index in [-0.39, 0.29) is 11.5 Å². The Morgan fingerprint density at radius 3 is 2.59 bits per heavy atom. The predicted molar refractivity (Wildman–Crippen MR) is 128 cm³/mol. The second kappa shape index (κ2) is 7.43. The average molecular weight is 438 g/mol. The van der Waals surface area contributed by atoms with Crippen molar-refractivity contribution in [3.8, 4) is 0 Å². The number of benzene rings is 1.